The normalized spacial score (nSPS) is 9.82. The summed E-state index contributed by atoms with van der Waals surface area (Å²) >= 11 is 0. The fourth-order valence-electron chi connectivity index (χ4n) is 0.906. The van der Waals surface area contributed by atoms with Crippen LogP contribution in [0.25, 0.3) is 0 Å². The Balaban J connectivity index is 3.12. The largest absolute Gasteiger partial charge is 0.480 e. The Morgan fingerprint density at radius 2 is 1.91 bits per heavy atom. The highest BCUT2D eigenvalue weighted by Crippen LogP contribution is 2.20. The zero-order valence-electron chi connectivity index (χ0n) is 7.21. The second-order valence-corrected chi connectivity index (χ2v) is 2.25. The molecule has 11 heavy (non-hydrogen) atoms. The van der Waals surface area contributed by atoms with Crippen LogP contribution in [0.3, 0.4) is 0 Å². The minimum Gasteiger partial charge on any atom is -0.480 e. The number of ether oxygens (including phenoxy) is 2. The van der Waals surface area contributed by atoms with Gasteiger partial charge in [0.05, 0.1) is 19.9 Å². The standard InChI is InChI=1S/C7H12N2O2/c1-5-6(10-3)8-7(11-4)9(5)2/h1-4H3. The van der Waals surface area contributed by atoms with Gasteiger partial charge in [0.2, 0.25) is 5.88 Å². The van der Waals surface area contributed by atoms with Gasteiger partial charge in [-0.05, 0) is 6.92 Å². The smallest absolute Gasteiger partial charge is 0.299 e. The molecule has 0 bridgehead atoms. The van der Waals surface area contributed by atoms with Crippen LogP contribution in [0, 0.1) is 6.92 Å². The fourth-order valence-corrected chi connectivity index (χ4v) is 0.906. The molecule has 0 spiro atoms. The molecule has 0 fully saturated rings. The van der Waals surface area contributed by atoms with Crippen molar-refractivity contribution in [2.45, 2.75) is 6.92 Å². The molecule has 0 aliphatic carbocycles. The summed E-state index contributed by atoms with van der Waals surface area (Å²) in [6.07, 6.45) is 0. The van der Waals surface area contributed by atoms with Crippen LogP contribution in [0.2, 0.25) is 0 Å². The average Bonchev–Trinajstić information content (AvgIpc) is 2.30. The maximum Gasteiger partial charge on any atom is 0.299 e. The van der Waals surface area contributed by atoms with Crippen molar-refractivity contribution in [1.82, 2.24) is 9.55 Å². The van der Waals surface area contributed by atoms with E-state index >= 15 is 0 Å². The number of nitrogens with zero attached hydrogens (tertiary/aromatic N) is 2. The molecule has 0 radical (unpaired) electrons. The Hall–Kier alpha value is -1.19. The quantitative estimate of drug-likeness (QED) is 0.633. The van der Waals surface area contributed by atoms with E-state index in [0.717, 1.165) is 5.69 Å². The Morgan fingerprint density at radius 1 is 1.27 bits per heavy atom. The number of hydrogen-bond acceptors (Lipinski definition) is 3. The van der Waals surface area contributed by atoms with E-state index in [9.17, 15) is 0 Å². The minimum atomic E-state index is 0.569. The summed E-state index contributed by atoms with van der Waals surface area (Å²) in [6, 6.07) is 0.569. The highest BCUT2D eigenvalue weighted by Gasteiger charge is 2.10. The number of imidazole rings is 1. The first kappa shape index (κ1) is 7.91. The van der Waals surface area contributed by atoms with E-state index in [1.54, 1.807) is 14.2 Å². The minimum absolute atomic E-state index is 0.569. The summed E-state index contributed by atoms with van der Waals surface area (Å²) in [5.74, 6) is 0.615. The highest BCUT2D eigenvalue weighted by molar-refractivity contribution is 5.23. The molecule has 1 aromatic rings. The second kappa shape index (κ2) is 2.82. The van der Waals surface area contributed by atoms with Crippen LogP contribution in [-0.4, -0.2) is 23.8 Å². The van der Waals surface area contributed by atoms with Crippen molar-refractivity contribution < 1.29 is 9.47 Å². The lowest BCUT2D eigenvalue weighted by molar-refractivity contribution is 0.357. The van der Waals surface area contributed by atoms with Crippen LogP contribution in [-0.2, 0) is 7.05 Å². The van der Waals surface area contributed by atoms with Crippen LogP contribution in [0.15, 0.2) is 0 Å². The van der Waals surface area contributed by atoms with Gasteiger partial charge >= 0.3 is 0 Å². The topological polar surface area (TPSA) is 36.3 Å². The number of methoxy groups -OCH3 is 2. The van der Waals surface area contributed by atoms with Gasteiger partial charge in [0.15, 0.2) is 0 Å². The fraction of sp³-hybridized carbons (Fsp3) is 0.571. The lowest BCUT2D eigenvalue weighted by Gasteiger charge is -1.98. The molecule has 62 valence electrons. The predicted molar refractivity (Wildman–Crippen MR) is 41.0 cm³/mol. The summed E-state index contributed by atoms with van der Waals surface area (Å²) in [5.41, 5.74) is 0.962. The Kier molecular flexibility index (Phi) is 2.03. The predicted octanol–water partition coefficient (Wildman–Crippen LogP) is 0.746. The summed E-state index contributed by atoms with van der Waals surface area (Å²) in [6.45, 7) is 1.92. The van der Waals surface area contributed by atoms with Gasteiger partial charge in [-0.3, -0.25) is 4.57 Å². The Bertz CT molecular complexity index is 231. The van der Waals surface area contributed by atoms with E-state index in [-0.39, 0.29) is 0 Å². The molecule has 0 aliphatic heterocycles. The van der Waals surface area contributed by atoms with Gasteiger partial charge in [0.1, 0.15) is 0 Å². The molecule has 1 rings (SSSR count). The SMILES string of the molecule is COc1nc(OC)n(C)c1C. The Labute approximate surface area is 65.8 Å². The third-order valence-electron chi connectivity index (χ3n) is 1.67. The molecule has 0 unspecified atom stereocenters. The first-order chi connectivity index (χ1) is 5.20. The van der Waals surface area contributed by atoms with Crippen molar-refractivity contribution in [3.63, 3.8) is 0 Å². The molecule has 0 amide bonds. The molecular formula is C7H12N2O2. The van der Waals surface area contributed by atoms with Gasteiger partial charge in [-0.1, -0.05) is 0 Å². The van der Waals surface area contributed by atoms with E-state index in [0.29, 0.717) is 11.9 Å². The van der Waals surface area contributed by atoms with Crippen molar-refractivity contribution in [3.8, 4) is 11.9 Å². The number of hydrogen-bond donors (Lipinski definition) is 0. The van der Waals surface area contributed by atoms with Crippen LogP contribution < -0.4 is 9.47 Å². The van der Waals surface area contributed by atoms with Crippen LogP contribution in [0.5, 0.6) is 11.9 Å². The number of rotatable bonds is 2. The maximum absolute atomic E-state index is 5.00. The monoisotopic (exact) mass is 156 g/mol. The first-order valence-corrected chi connectivity index (χ1v) is 3.32. The van der Waals surface area contributed by atoms with Gasteiger partial charge in [0, 0.05) is 7.05 Å². The van der Waals surface area contributed by atoms with E-state index in [1.165, 1.54) is 0 Å². The zero-order chi connectivity index (χ0) is 8.43. The summed E-state index contributed by atoms with van der Waals surface area (Å²) in [7, 11) is 5.06. The summed E-state index contributed by atoms with van der Waals surface area (Å²) in [5, 5.41) is 0. The van der Waals surface area contributed by atoms with Crippen LogP contribution in [0.1, 0.15) is 5.69 Å². The lowest BCUT2D eigenvalue weighted by Crippen LogP contribution is -1.95. The van der Waals surface area contributed by atoms with Gasteiger partial charge in [0.25, 0.3) is 6.01 Å². The molecule has 0 saturated carbocycles. The third-order valence-corrected chi connectivity index (χ3v) is 1.67. The van der Waals surface area contributed by atoms with Gasteiger partial charge in [-0.15, -0.1) is 0 Å². The average molecular weight is 156 g/mol. The Morgan fingerprint density at radius 3 is 2.18 bits per heavy atom. The molecule has 0 aromatic carbocycles. The molecule has 4 nitrogen and oxygen atoms in total. The van der Waals surface area contributed by atoms with Crippen molar-refractivity contribution in [3.05, 3.63) is 5.69 Å². The maximum atomic E-state index is 5.00. The van der Waals surface area contributed by atoms with Gasteiger partial charge < -0.3 is 9.47 Å². The van der Waals surface area contributed by atoms with Crippen LogP contribution >= 0.6 is 0 Å². The highest BCUT2D eigenvalue weighted by atomic mass is 16.5. The summed E-state index contributed by atoms with van der Waals surface area (Å²) in [4.78, 5) is 4.06. The molecule has 0 N–H and O–H groups in total. The van der Waals surface area contributed by atoms with Crippen molar-refractivity contribution in [1.29, 1.82) is 0 Å². The van der Waals surface area contributed by atoms with Crippen molar-refractivity contribution >= 4 is 0 Å². The van der Waals surface area contributed by atoms with Gasteiger partial charge in [-0.2, -0.15) is 4.98 Å². The molecule has 0 aliphatic rings. The molecule has 4 heteroatoms. The van der Waals surface area contributed by atoms with Crippen molar-refractivity contribution in [2.24, 2.45) is 7.05 Å². The van der Waals surface area contributed by atoms with Crippen LogP contribution in [0.4, 0.5) is 0 Å². The third kappa shape index (κ3) is 1.15. The van der Waals surface area contributed by atoms with E-state index in [2.05, 4.69) is 4.98 Å². The van der Waals surface area contributed by atoms with Gasteiger partial charge in [-0.25, -0.2) is 0 Å². The molecule has 0 atom stereocenters. The molecule has 1 aromatic heterocycles. The second-order valence-electron chi connectivity index (χ2n) is 2.25. The molecular weight excluding hydrogens is 144 g/mol. The lowest BCUT2D eigenvalue weighted by atomic mass is 10.5. The molecule has 0 saturated heterocycles. The zero-order valence-corrected chi connectivity index (χ0v) is 7.21. The van der Waals surface area contributed by atoms with Crippen molar-refractivity contribution in [2.75, 3.05) is 14.2 Å². The van der Waals surface area contributed by atoms with E-state index in [1.807, 2.05) is 18.5 Å². The number of aromatic nitrogens is 2. The van der Waals surface area contributed by atoms with E-state index in [4.69, 9.17) is 9.47 Å². The molecule has 1 heterocycles. The summed E-state index contributed by atoms with van der Waals surface area (Å²) < 4.78 is 11.8. The van der Waals surface area contributed by atoms with E-state index < -0.39 is 0 Å². The first-order valence-electron chi connectivity index (χ1n) is 3.32.